The van der Waals surface area contributed by atoms with Crippen LogP contribution in [0.3, 0.4) is 0 Å². The predicted molar refractivity (Wildman–Crippen MR) is 70.7 cm³/mol. The molecule has 0 N–H and O–H groups in total. The van der Waals surface area contributed by atoms with Crippen LogP contribution in [0.25, 0.3) is 0 Å². The highest BCUT2D eigenvalue weighted by Crippen LogP contribution is 2.12. The minimum absolute atomic E-state index is 0.702. The largest absolute Gasteiger partial charge is 0.243 e. The summed E-state index contributed by atoms with van der Waals surface area (Å²) in [4.78, 5) is 0. The molecule has 0 spiro atoms. The third-order valence-corrected chi connectivity index (χ3v) is 2.78. The first-order valence-electron chi connectivity index (χ1n) is 5.72. The van der Waals surface area contributed by atoms with Gasteiger partial charge in [-0.1, -0.05) is 74.5 Å². The standard InChI is InChI=1S/C12H22FI/c1-2-3-4-5-6-7-8-9-12(13)10-11-14/h10-12H,2-9H2,1H3/b11-10+. The second-order valence-electron chi connectivity index (χ2n) is 3.74. The molecule has 14 heavy (non-hydrogen) atoms. The van der Waals surface area contributed by atoms with Crippen LogP contribution in [0, 0.1) is 0 Å². The van der Waals surface area contributed by atoms with Gasteiger partial charge in [0.25, 0.3) is 0 Å². The van der Waals surface area contributed by atoms with Crippen molar-refractivity contribution in [2.24, 2.45) is 0 Å². The van der Waals surface area contributed by atoms with Gasteiger partial charge < -0.3 is 0 Å². The molecule has 84 valence electrons. The van der Waals surface area contributed by atoms with E-state index in [1.54, 1.807) is 10.2 Å². The lowest BCUT2D eigenvalue weighted by Gasteiger charge is -2.02. The topological polar surface area (TPSA) is 0 Å². The maximum absolute atomic E-state index is 12.9. The van der Waals surface area contributed by atoms with Crippen LogP contribution >= 0.6 is 22.6 Å². The molecular formula is C12H22FI. The second-order valence-corrected chi connectivity index (χ2v) is 4.46. The highest BCUT2D eigenvalue weighted by molar-refractivity contribution is 14.1. The molecule has 0 rings (SSSR count). The smallest absolute Gasteiger partial charge is 0.119 e. The summed E-state index contributed by atoms with van der Waals surface area (Å²) < 4.78 is 14.7. The van der Waals surface area contributed by atoms with Crippen molar-refractivity contribution < 1.29 is 4.39 Å². The van der Waals surface area contributed by atoms with Gasteiger partial charge in [0.2, 0.25) is 0 Å². The first-order chi connectivity index (χ1) is 6.81. The zero-order valence-electron chi connectivity index (χ0n) is 9.14. The summed E-state index contributed by atoms with van der Waals surface area (Å²) in [6, 6.07) is 0. The fourth-order valence-electron chi connectivity index (χ4n) is 1.47. The second kappa shape index (κ2) is 11.5. The van der Waals surface area contributed by atoms with Gasteiger partial charge in [0.1, 0.15) is 6.17 Å². The highest BCUT2D eigenvalue weighted by atomic mass is 127. The molecular weight excluding hydrogens is 290 g/mol. The van der Waals surface area contributed by atoms with E-state index in [9.17, 15) is 4.39 Å². The fourth-order valence-corrected chi connectivity index (χ4v) is 1.92. The number of unbranched alkanes of at least 4 members (excludes halogenated alkanes) is 6. The van der Waals surface area contributed by atoms with Crippen LogP contribution in [0.1, 0.15) is 58.3 Å². The maximum atomic E-state index is 12.9. The molecule has 0 aromatic rings. The molecule has 0 amide bonds. The molecule has 1 unspecified atom stereocenters. The van der Waals surface area contributed by atoms with E-state index in [1.165, 1.54) is 38.5 Å². The summed E-state index contributed by atoms with van der Waals surface area (Å²) >= 11 is 2.07. The van der Waals surface area contributed by atoms with Crippen LogP contribution in [-0.4, -0.2) is 6.17 Å². The molecule has 1 atom stereocenters. The normalized spacial score (nSPS) is 13.6. The lowest BCUT2D eigenvalue weighted by atomic mass is 10.1. The maximum Gasteiger partial charge on any atom is 0.119 e. The van der Waals surface area contributed by atoms with E-state index in [0.29, 0.717) is 6.42 Å². The van der Waals surface area contributed by atoms with Crippen LogP contribution in [-0.2, 0) is 0 Å². The van der Waals surface area contributed by atoms with E-state index in [0.717, 1.165) is 6.42 Å². The number of allylic oxidation sites excluding steroid dienone is 1. The Morgan fingerprint density at radius 2 is 1.64 bits per heavy atom. The third-order valence-electron chi connectivity index (χ3n) is 2.37. The Morgan fingerprint density at radius 1 is 1.07 bits per heavy atom. The number of rotatable bonds is 9. The first kappa shape index (κ1) is 14.4. The number of hydrogen-bond acceptors (Lipinski definition) is 0. The molecule has 0 aromatic carbocycles. The molecule has 0 saturated heterocycles. The average Bonchev–Trinajstić information content (AvgIpc) is 2.17. The van der Waals surface area contributed by atoms with Gasteiger partial charge in [0.15, 0.2) is 0 Å². The van der Waals surface area contributed by atoms with E-state index >= 15 is 0 Å². The van der Waals surface area contributed by atoms with Gasteiger partial charge in [0, 0.05) is 0 Å². The monoisotopic (exact) mass is 312 g/mol. The fraction of sp³-hybridized carbons (Fsp3) is 0.833. The van der Waals surface area contributed by atoms with Crippen molar-refractivity contribution in [3.63, 3.8) is 0 Å². The lowest BCUT2D eigenvalue weighted by molar-refractivity contribution is 0.364. The van der Waals surface area contributed by atoms with E-state index in [1.807, 2.05) is 0 Å². The Bertz CT molecular complexity index is 134. The summed E-state index contributed by atoms with van der Waals surface area (Å²) in [5.41, 5.74) is 0. The SMILES string of the molecule is CCCCCCCCCC(F)/C=C/I. The van der Waals surface area contributed by atoms with Gasteiger partial charge in [-0.05, 0) is 16.6 Å². The molecule has 0 bridgehead atoms. The van der Waals surface area contributed by atoms with Crippen molar-refractivity contribution in [2.45, 2.75) is 64.5 Å². The van der Waals surface area contributed by atoms with Gasteiger partial charge in [0.05, 0.1) is 0 Å². The molecule has 2 heteroatoms. The Balaban J connectivity index is 3.05. The van der Waals surface area contributed by atoms with Gasteiger partial charge in [-0.15, -0.1) is 0 Å². The Hall–Kier alpha value is 0.400. The van der Waals surface area contributed by atoms with Crippen LogP contribution < -0.4 is 0 Å². The number of hydrogen-bond donors (Lipinski definition) is 0. The molecule has 0 nitrogen and oxygen atoms in total. The number of alkyl halides is 1. The molecule has 0 radical (unpaired) electrons. The van der Waals surface area contributed by atoms with Crippen molar-refractivity contribution in [1.29, 1.82) is 0 Å². The van der Waals surface area contributed by atoms with Gasteiger partial charge in [-0.2, -0.15) is 0 Å². The van der Waals surface area contributed by atoms with E-state index in [4.69, 9.17) is 0 Å². The van der Waals surface area contributed by atoms with Gasteiger partial charge >= 0.3 is 0 Å². The van der Waals surface area contributed by atoms with Crippen LogP contribution in [0.4, 0.5) is 4.39 Å². The Morgan fingerprint density at radius 3 is 2.21 bits per heavy atom. The van der Waals surface area contributed by atoms with Gasteiger partial charge in [-0.3, -0.25) is 0 Å². The van der Waals surface area contributed by atoms with Crippen molar-refractivity contribution in [3.05, 3.63) is 10.2 Å². The summed E-state index contributed by atoms with van der Waals surface area (Å²) in [5.74, 6) is 0. The molecule has 0 aliphatic rings. The van der Waals surface area contributed by atoms with Crippen LogP contribution in [0.2, 0.25) is 0 Å². The molecule has 0 aromatic heterocycles. The van der Waals surface area contributed by atoms with Crippen LogP contribution in [0.5, 0.6) is 0 Å². The van der Waals surface area contributed by atoms with Crippen molar-refractivity contribution in [1.82, 2.24) is 0 Å². The van der Waals surface area contributed by atoms with E-state index in [2.05, 4.69) is 29.5 Å². The number of halogens is 2. The van der Waals surface area contributed by atoms with E-state index < -0.39 is 6.17 Å². The van der Waals surface area contributed by atoms with Crippen LogP contribution in [0.15, 0.2) is 10.2 Å². The first-order valence-corrected chi connectivity index (χ1v) is 6.96. The summed E-state index contributed by atoms with van der Waals surface area (Å²) in [5, 5.41) is 0. The third kappa shape index (κ3) is 10.5. The lowest BCUT2D eigenvalue weighted by Crippen LogP contribution is -1.94. The minimum atomic E-state index is -0.720. The molecule has 0 saturated carbocycles. The zero-order valence-corrected chi connectivity index (χ0v) is 11.3. The average molecular weight is 312 g/mol. The van der Waals surface area contributed by atoms with Crippen molar-refractivity contribution in [3.8, 4) is 0 Å². The summed E-state index contributed by atoms with van der Waals surface area (Å²) in [7, 11) is 0. The molecule has 0 heterocycles. The van der Waals surface area contributed by atoms with E-state index in [-0.39, 0.29) is 0 Å². The summed E-state index contributed by atoms with van der Waals surface area (Å²) in [6.45, 7) is 2.23. The predicted octanol–water partition coefficient (Wildman–Crippen LogP) is 5.41. The zero-order chi connectivity index (χ0) is 10.6. The molecule has 0 fully saturated rings. The van der Waals surface area contributed by atoms with Crippen molar-refractivity contribution in [2.75, 3.05) is 0 Å². The Labute approximate surface area is 101 Å². The summed E-state index contributed by atoms with van der Waals surface area (Å²) in [6.07, 6.45) is 10.5. The minimum Gasteiger partial charge on any atom is -0.243 e. The molecule has 0 aliphatic heterocycles. The van der Waals surface area contributed by atoms with Crippen molar-refractivity contribution >= 4 is 22.6 Å². The Kier molecular flexibility index (Phi) is 11.8. The van der Waals surface area contributed by atoms with Gasteiger partial charge in [-0.25, -0.2) is 4.39 Å². The highest BCUT2D eigenvalue weighted by Gasteiger charge is 2.00. The quantitative estimate of drug-likeness (QED) is 0.394. The molecule has 0 aliphatic carbocycles.